The van der Waals surface area contributed by atoms with E-state index in [0.29, 0.717) is 24.0 Å². The number of rotatable bonds is 7. The Hall–Kier alpha value is -2.86. The van der Waals surface area contributed by atoms with E-state index < -0.39 is 5.97 Å². The van der Waals surface area contributed by atoms with Gasteiger partial charge in [-0.1, -0.05) is 51.1 Å². The number of hydrogen-bond acceptors (Lipinski definition) is 5. The van der Waals surface area contributed by atoms with Crippen LogP contribution in [0.2, 0.25) is 0 Å². The first-order valence-corrected chi connectivity index (χ1v) is 9.87. The molecule has 146 valence electrons. The molecule has 0 fully saturated rings. The Balaban J connectivity index is 1.66. The average Bonchev–Trinajstić information content (AvgIpc) is 3.15. The Morgan fingerprint density at radius 1 is 1.00 bits per heavy atom. The molecule has 3 rings (SSSR count). The number of carboxylic acids is 1. The largest absolute Gasteiger partial charge is 0.490 e. The van der Waals surface area contributed by atoms with Gasteiger partial charge in [-0.05, 0) is 29.2 Å². The molecule has 0 saturated carbocycles. The van der Waals surface area contributed by atoms with E-state index >= 15 is 0 Å². The van der Waals surface area contributed by atoms with E-state index in [-0.39, 0.29) is 11.1 Å². The fourth-order valence-electron chi connectivity index (χ4n) is 2.78. The van der Waals surface area contributed by atoms with Gasteiger partial charge in [0.25, 0.3) is 0 Å². The highest BCUT2D eigenvalue weighted by molar-refractivity contribution is 7.13. The third-order valence-electron chi connectivity index (χ3n) is 4.13. The number of aromatic nitrogens is 1. The van der Waals surface area contributed by atoms with E-state index in [1.165, 1.54) is 16.7 Å². The van der Waals surface area contributed by atoms with Gasteiger partial charge in [-0.15, -0.1) is 11.3 Å². The third kappa shape index (κ3) is 4.70. The van der Waals surface area contributed by atoms with Crippen molar-refractivity contribution >= 4 is 17.3 Å². The quantitative estimate of drug-likeness (QED) is 0.551. The second-order valence-electron chi connectivity index (χ2n) is 7.28. The minimum atomic E-state index is -1.04. The van der Waals surface area contributed by atoms with Gasteiger partial charge in [-0.25, -0.2) is 9.78 Å². The predicted molar refractivity (Wildman–Crippen MR) is 111 cm³/mol. The molecule has 0 aliphatic rings. The topological polar surface area (TPSA) is 68.7 Å². The average molecular weight is 397 g/mol. The van der Waals surface area contributed by atoms with Crippen LogP contribution < -0.4 is 9.47 Å². The third-order valence-corrected chi connectivity index (χ3v) is 5.01. The SMILES string of the molecule is CC(C)(C)c1ccccc1OCCOc1ccccc1-c1nc(C(=O)O)cs1. The lowest BCUT2D eigenvalue weighted by atomic mass is 9.86. The molecule has 3 aromatic rings. The smallest absolute Gasteiger partial charge is 0.355 e. The monoisotopic (exact) mass is 397 g/mol. The van der Waals surface area contributed by atoms with E-state index in [1.54, 1.807) is 0 Å². The molecule has 0 aliphatic carbocycles. The first-order valence-electron chi connectivity index (χ1n) is 8.99. The molecule has 2 aromatic carbocycles. The standard InChI is InChI=1S/C22H23NO4S/c1-22(2,3)16-9-5-7-11-19(16)27-13-12-26-18-10-6-4-8-15(18)20-23-17(14-28-20)21(24)25/h4-11,14H,12-13H2,1-3H3,(H,24,25). The van der Waals surface area contributed by atoms with Crippen LogP contribution in [0.1, 0.15) is 36.8 Å². The van der Waals surface area contributed by atoms with E-state index in [0.717, 1.165) is 16.9 Å². The van der Waals surface area contributed by atoms with Gasteiger partial charge < -0.3 is 14.6 Å². The van der Waals surface area contributed by atoms with Crippen LogP contribution in [-0.4, -0.2) is 29.3 Å². The molecule has 28 heavy (non-hydrogen) atoms. The molecule has 0 aliphatic heterocycles. The molecule has 0 radical (unpaired) electrons. The maximum absolute atomic E-state index is 11.1. The van der Waals surface area contributed by atoms with Crippen molar-refractivity contribution in [2.45, 2.75) is 26.2 Å². The van der Waals surface area contributed by atoms with Crippen molar-refractivity contribution in [1.82, 2.24) is 4.98 Å². The highest BCUT2D eigenvalue weighted by Gasteiger charge is 2.18. The van der Waals surface area contributed by atoms with Crippen LogP contribution in [0.5, 0.6) is 11.5 Å². The molecular weight excluding hydrogens is 374 g/mol. The van der Waals surface area contributed by atoms with Gasteiger partial charge in [-0.3, -0.25) is 0 Å². The van der Waals surface area contributed by atoms with Gasteiger partial charge >= 0.3 is 5.97 Å². The van der Waals surface area contributed by atoms with Crippen LogP contribution in [0.3, 0.4) is 0 Å². The molecule has 0 amide bonds. The Morgan fingerprint density at radius 3 is 2.25 bits per heavy atom. The Bertz CT molecular complexity index is 959. The Morgan fingerprint density at radius 2 is 1.61 bits per heavy atom. The van der Waals surface area contributed by atoms with Crippen LogP contribution in [0.15, 0.2) is 53.9 Å². The van der Waals surface area contributed by atoms with Crippen molar-refractivity contribution < 1.29 is 19.4 Å². The highest BCUT2D eigenvalue weighted by Crippen LogP contribution is 2.33. The molecular formula is C22H23NO4S. The van der Waals surface area contributed by atoms with E-state index in [1.807, 2.05) is 42.5 Å². The van der Waals surface area contributed by atoms with Gasteiger partial charge in [-0.2, -0.15) is 0 Å². The van der Waals surface area contributed by atoms with Crippen LogP contribution in [0.4, 0.5) is 0 Å². The number of hydrogen-bond donors (Lipinski definition) is 1. The van der Waals surface area contributed by atoms with Crippen molar-refractivity contribution in [3.05, 3.63) is 65.2 Å². The van der Waals surface area contributed by atoms with Crippen molar-refractivity contribution in [2.75, 3.05) is 13.2 Å². The summed E-state index contributed by atoms with van der Waals surface area (Å²) >= 11 is 1.28. The first kappa shape index (κ1) is 19.9. The van der Waals surface area contributed by atoms with Gasteiger partial charge in [0.2, 0.25) is 0 Å². The van der Waals surface area contributed by atoms with Crippen LogP contribution in [0, 0.1) is 0 Å². The molecule has 0 atom stereocenters. The summed E-state index contributed by atoms with van der Waals surface area (Å²) in [5.41, 5.74) is 1.96. The minimum absolute atomic E-state index is 0.00324. The molecule has 0 spiro atoms. The zero-order chi connectivity index (χ0) is 20.1. The number of carbonyl (C=O) groups is 1. The number of thiazole rings is 1. The lowest BCUT2D eigenvalue weighted by Crippen LogP contribution is -2.15. The summed E-state index contributed by atoms with van der Waals surface area (Å²) in [7, 11) is 0. The number of aromatic carboxylic acids is 1. The van der Waals surface area contributed by atoms with Crippen molar-refractivity contribution in [1.29, 1.82) is 0 Å². The summed E-state index contributed by atoms with van der Waals surface area (Å²) < 4.78 is 11.9. The van der Waals surface area contributed by atoms with Crippen LogP contribution in [-0.2, 0) is 5.41 Å². The number of carboxylic acid groups (broad SMARTS) is 1. The van der Waals surface area contributed by atoms with E-state index in [9.17, 15) is 4.79 Å². The summed E-state index contributed by atoms with van der Waals surface area (Å²) in [6.45, 7) is 7.23. The minimum Gasteiger partial charge on any atom is -0.490 e. The van der Waals surface area contributed by atoms with Gasteiger partial charge in [0.05, 0.1) is 5.56 Å². The van der Waals surface area contributed by atoms with Crippen molar-refractivity contribution in [3.63, 3.8) is 0 Å². The lowest BCUT2D eigenvalue weighted by Gasteiger charge is -2.22. The summed E-state index contributed by atoms with van der Waals surface area (Å²) in [4.78, 5) is 15.2. The number of nitrogens with zero attached hydrogens (tertiary/aromatic N) is 1. The second kappa shape index (κ2) is 8.44. The molecule has 0 saturated heterocycles. The molecule has 0 bridgehead atoms. The molecule has 5 nitrogen and oxygen atoms in total. The predicted octanol–water partition coefficient (Wildman–Crippen LogP) is 5.26. The van der Waals surface area contributed by atoms with Gasteiger partial charge in [0, 0.05) is 5.38 Å². The zero-order valence-electron chi connectivity index (χ0n) is 16.1. The van der Waals surface area contributed by atoms with Crippen LogP contribution >= 0.6 is 11.3 Å². The lowest BCUT2D eigenvalue weighted by molar-refractivity contribution is 0.0691. The molecule has 6 heteroatoms. The molecule has 1 N–H and O–H groups in total. The van der Waals surface area contributed by atoms with Gasteiger partial charge in [0.1, 0.15) is 29.7 Å². The molecule has 0 unspecified atom stereocenters. The second-order valence-corrected chi connectivity index (χ2v) is 8.14. The normalized spacial score (nSPS) is 11.2. The number of para-hydroxylation sites is 2. The Kier molecular flexibility index (Phi) is 5.99. The highest BCUT2D eigenvalue weighted by atomic mass is 32.1. The maximum Gasteiger partial charge on any atom is 0.355 e. The summed E-state index contributed by atoms with van der Waals surface area (Å²) in [5, 5.41) is 11.2. The first-order chi connectivity index (χ1) is 13.4. The summed E-state index contributed by atoms with van der Waals surface area (Å²) in [6.07, 6.45) is 0. The number of benzene rings is 2. The van der Waals surface area contributed by atoms with Crippen LogP contribution in [0.25, 0.3) is 10.6 Å². The fourth-order valence-corrected chi connectivity index (χ4v) is 3.60. The van der Waals surface area contributed by atoms with Gasteiger partial charge in [0.15, 0.2) is 5.69 Å². The maximum atomic E-state index is 11.1. The van der Waals surface area contributed by atoms with E-state index in [4.69, 9.17) is 14.6 Å². The zero-order valence-corrected chi connectivity index (χ0v) is 17.0. The Labute approximate surface area is 168 Å². The van der Waals surface area contributed by atoms with Crippen molar-refractivity contribution in [2.24, 2.45) is 0 Å². The van der Waals surface area contributed by atoms with Crippen molar-refractivity contribution in [3.8, 4) is 22.1 Å². The summed E-state index contributed by atoms with van der Waals surface area (Å²) in [5.74, 6) is 0.478. The number of ether oxygens (including phenoxy) is 2. The molecule has 1 heterocycles. The summed E-state index contributed by atoms with van der Waals surface area (Å²) in [6, 6.07) is 15.5. The van der Waals surface area contributed by atoms with E-state index in [2.05, 4.69) is 31.8 Å². The fraction of sp³-hybridized carbons (Fsp3) is 0.273. The molecule has 1 aromatic heterocycles.